The van der Waals surface area contributed by atoms with Crippen LogP contribution in [-0.4, -0.2) is 25.9 Å². The van der Waals surface area contributed by atoms with E-state index in [4.69, 9.17) is 16.0 Å². The zero-order chi connectivity index (χ0) is 20.9. The average molecular weight is 439 g/mol. The Morgan fingerprint density at radius 3 is 2.60 bits per heavy atom. The van der Waals surface area contributed by atoms with Gasteiger partial charge in [0, 0.05) is 17.3 Å². The van der Waals surface area contributed by atoms with Gasteiger partial charge in [0.25, 0.3) is 0 Å². The molecular weight excluding hydrogens is 420 g/mol. The van der Waals surface area contributed by atoms with Crippen molar-refractivity contribution >= 4 is 29.3 Å². The first kappa shape index (κ1) is 20.3. The highest BCUT2D eigenvalue weighted by molar-refractivity contribution is 8.00. The highest BCUT2D eigenvalue weighted by Gasteiger charge is 2.22. The van der Waals surface area contributed by atoms with E-state index in [1.807, 2.05) is 66.1 Å². The van der Waals surface area contributed by atoms with E-state index in [2.05, 4.69) is 15.5 Å². The number of furan rings is 1. The van der Waals surface area contributed by atoms with Gasteiger partial charge < -0.3 is 9.73 Å². The van der Waals surface area contributed by atoms with E-state index in [0.29, 0.717) is 28.3 Å². The van der Waals surface area contributed by atoms with Crippen molar-refractivity contribution in [2.45, 2.75) is 23.9 Å². The number of thioether (sulfide) groups is 1. The molecule has 1 atom stereocenters. The summed E-state index contributed by atoms with van der Waals surface area (Å²) >= 11 is 7.50. The van der Waals surface area contributed by atoms with Crippen molar-refractivity contribution < 1.29 is 9.21 Å². The lowest BCUT2D eigenvalue weighted by Crippen LogP contribution is -2.30. The Kier molecular flexibility index (Phi) is 6.21. The van der Waals surface area contributed by atoms with E-state index in [-0.39, 0.29) is 11.2 Å². The van der Waals surface area contributed by atoms with Gasteiger partial charge in [-0.25, -0.2) is 0 Å². The predicted molar refractivity (Wildman–Crippen MR) is 118 cm³/mol. The lowest BCUT2D eigenvalue weighted by molar-refractivity contribution is -0.120. The van der Waals surface area contributed by atoms with Crippen LogP contribution in [0.3, 0.4) is 0 Å². The van der Waals surface area contributed by atoms with Crippen LogP contribution in [0.5, 0.6) is 0 Å². The minimum Gasteiger partial charge on any atom is -0.461 e. The fraction of sp³-hybridized carbons (Fsp3) is 0.136. The van der Waals surface area contributed by atoms with Crippen molar-refractivity contribution in [2.75, 3.05) is 0 Å². The predicted octanol–water partition coefficient (Wildman–Crippen LogP) is 4.98. The number of rotatable bonds is 7. The first-order valence-electron chi connectivity index (χ1n) is 9.36. The molecule has 0 saturated heterocycles. The molecule has 0 bridgehead atoms. The van der Waals surface area contributed by atoms with Crippen molar-refractivity contribution in [1.29, 1.82) is 0 Å². The summed E-state index contributed by atoms with van der Waals surface area (Å²) in [5, 5.41) is 12.4. The topological polar surface area (TPSA) is 73.0 Å². The van der Waals surface area contributed by atoms with Gasteiger partial charge in [0.2, 0.25) is 11.7 Å². The van der Waals surface area contributed by atoms with Crippen LogP contribution in [0.25, 0.3) is 17.3 Å². The summed E-state index contributed by atoms with van der Waals surface area (Å²) in [5.41, 5.74) is 1.76. The zero-order valence-corrected chi connectivity index (χ0v) is 17.7. The van der Waals surface area contributed by atoms with Crippen molar-refractivity contribution in [3.63, 3.8) is 0 Å². The quantitative estimate of drug-likeness (QED) is 0.412. The molecule has 1 N–H and O–H groups in total. The molecule has 0 aliphatic heterocycles. The Hall–Kier alpha value is -3.03. The average Bonchev–Trinajstić information content (AvgIpc) is 3.43. The number of carbonyl (C=O) groups is 1. The van der Waals surface area contributed by atoms with Crippen LogP contribution in [0.4, 0.5) is 0 Å². The summed E-state index contributed by atoms with van der Waals surface area (Å²) in [4.78, 5) is 12.7. The number of amides is 1. The molecule has 1 unspecified atom stereocenters. The van der Waals surface area contributed by atoms with Gasteiger partial charge in [0.1, 0.15) is 0 Å². The van der Waals surface area contributed by atoms with Crippen LogP contribution in [-0.2, 0) is 11.3 Å². The highest BCUT2D eigenvalue weighted by atomic mass is 35.5. The number of nitrogens with one attached hydrogen (secondary N) is 1. The fourth-order valence-electron chi connectivity index (χ4n) is 2.90. The van der Waals surface area contributed by atoms with Crippen molar-refractivity contribution in [3.05, 3.63) is 83.6 Å². The van der Waals surface area contributed by atoms with Gasteiger partial charge in [-0.1, -0.05) is 59.8 Å². The Morgan fingerprint density at radius 2 is 1.87 bits per heavy atom. The van der Waals surface area contributed by atoms with Crippen molar-refractivity contribution in [2.24, 2.45) is 0 Å². The largest absolute Gasteiger partial charge is 0.461 e. The van der Waals surface area contributed by atoms with Crippen LogP contribution in [0.15, 0.2) is 82.6 Å². The summed E-state index contributed by atoms with van der Waals surface area (Å²) in [5.74, 6) is 1.08. The molecule has 0 aliphatic rings. The molecule has 30 heavy (non-hydrogen) atoms. The van der Waals surface area contributed by atoms with Gasteiger partial charge in [-0.3, -0.25) is 9.36 Å². The van der Waals surface area contributed by atoms with Gasteiger partial charge >= 0.3 is 0 Å². The summed E-state index contributed by atoms with van der Waals surface area (Å²) < 4.78 is 7.41. The number of hydrogen-bond acceptors (Lipinski definition) is 5. The monoisotopic (exact) mass is 438 g/mol. The van der Waals surface area contributed by atoms with Crippen LogP contribution >= 0.6 is 23.4 Å². The zero-order valence-electron chi connectivity index (χ0n) is 16.2. The third-order valence-electron chi connectivity index (χ3n) is 4.45. The van der Waals surface area contributed by atoms with Crippen molar-refractivity contribution in [1.82, 2.24) is 20.1 Å². The Bertz CT molecular complexity index is 1130. The summed E-state index contributed by atoms with van der Waals surface area (Å²) in [6.07, 6.45) is 1.59. The molecule has 4 rings (SSSR count). The number of benzene rings is 2. The molecule has 152 valence electrons. The molecule has 0 aliphatic carbocycles. The first-order valence-corrected chi connectivity index (χ1v) is 10.6. The second-order valence-corrected chi connectivity index (χ2v) is 8.24. The number of carbonyl (C=O) groups excluding carboxylic acids is 1. The molecule has 1 amide bonds. The Morgan fingerprint density at radius 1 is 1.10 bits per heavy atom. The normalized spacial score (nSPS) is 11.9. The molecule has 8 heteroatoms. The van der Waals surface area contributed by atoms with E-state index in [1.165, 1.54) is 11.8 Å². The third kappa shape index (κ3) is 4.42. The second kappa shape index (κ2) is 9.19. The lowest BCUT2D eigenvalue weighted by atomic mass is 10.2. The first-order chi connectivity index (χ1) is 14.6. The summed E-state index contributed by atoms with van der Waals surface area (Å²) in [7, 11) is 0. The standard InChI is InChI=1S/C22H19ClN4O2S/c1-15(21(28)24-14-16-8-5-6-11-18(16)23)30-22-26-25-20(19-12-7-13-29-19)27(22)17-9-3-2-4-10-17/h2-13,15H,14H2,1H3,(H,24,28). The summed E-state index contributed by atoms with van der Waals surface area (Å²) in [6, 6.07) is 20.8. The molecule has 2 aromatic heterocycles. The maximum absolute atomic E-state index is 12.7. The molecule has 0 spiro atoms. The summed E-state index contributed by atoms with van der Waals surface area (Å²) in [6.45, 7) is 2.20. The minimum atomic E-state index is -0.386. The van der Waals surface area contributed by atoms with Crippen LogP contribution in [0.1, 0.15) is 12.5 Å². The van der Waals surface area contributed by atoms with E-state index < -0.39 is 0 Å². The molecular formula is C22H19ClN4O2S. The number of halogens is 1. The highest BCUT2D eigenvalue weighted by Crippen LogP contribution is 2.30. The fourth-order valence-corrected chi connectivity index (χ4v) is 4.00. The molecule has 0 fully saturated rings. The van der Waals surface area contributed by atoms with Crippen LogP contribution < -0.4 is 5.32 Å². The van der Waals surface area contributed by atoms with E-state index in [9.17, 15) is 4.79 Å². The minimum absolute atomic E-state index is 0.109. The molecule has 6 nitrogen and oxygen atoms in total. The molecule has 0 radical (unpaired) electrons. The number of aromatic nitrogens is 3. The van der Waals surface area contributed by atoms with Gasteiger partial charge in [-0.2, -0.15) is 0 Å². The van der Waals surface area contributed by atoms with E-state index in [0.717, 1.165) is 11.3 Å². The number of hydrogen-bond donors (Lipinski definition) is 1. The van der Waals surface area contributed by atoms with Gasteiger partial charge in [-0.05, 0) is 42.8 Å². The SMILES string of the molecule is CC(Sc1nnc(-c2ccco2)n1-c1ccccc1)C(=O)NCc1ccccc1Cl. The van der Waals surface area contributed by atoms with Crippen molar-refractivity contribution in [3.8, 4) is 17.3 Å². The third-order valence-corrected chi connectivity index (χ3v) is 5.86. The van der Waals surface area contributed by atoms with Gasteiger partial charge in [-0.15, -0.1) is 10.2 Å². The maximum atomic E-state index is 12.7. The Balaban J connectivity index is 1.54. The molecule has 2 aromatic carbocycles. The van der Waals surface area contributed by atoms with Gasteiger partial charge in [0.15, 0.2) is 10.9 Å². The van der Waals surface area contributed by atoms with Gasteiger partial charge in [0.05, 0.1) is 11.5 Å². The molecule has 0 saturated carbocycles. The molecule has 2 heterocycles. The number of para-hydroxylation sites is 1. The maximum Gasteiger partial charge on any atom is 0.233 e. The number of nitrogens with zero attached hydrogens (tertiary/aromatic N) is 3. The van der Waals surface area contributed by atoms with Crippen LogP contribution in [0.2, 0.25) is 5.02 Å². The molecule has 4 aromatic rings. The smallest absolute Gasteiger partial charge is 0.233 e. The van der Waals surface area contributed by atoms with E-state index in [1.54, 1.807) is 18.4 Å². The lowest BCUT2D eigenvalue weighted by Gasteiger charge is -2.14. The van der Waals surface area contributed by atoms with E-state index >= 15 is 0 Å². The second-order valence-electron chi connectivity index (χ2n) is 6.52. The van der Waals surface area contributed by atoms with Crippen LogP contribution in [0, 0.1) is 0 Å². The Labute approximate surface area is 183 Å².